The van der Waals surface area contributed by atoms with E-state index < -0.39 is 9.28 Å². The lowest BCUT2D eigenvalue weighted by molar-refractivity contribution is 0.133. The largest absolute Gasteiger partial charge is 0.453 e. The topological polar surface area (TPSA) is 48.0 Å². The summed E-state index contributed by atoms with van der Waals surface area (Å²) >= 11 is 0. The second-order valence-electron chi connectivity index (χ2n) is 3.23. The molecule has 0 aliphatic rings. The van der Waals surface area contributed by atoms with E-state index in [0.29, 0.717) is 19.8 Å². The lowest BCUT2D eigenvalue weighted by atomic mass is 10.4. The van der Waals surface area contributed by atoms with Crippen LogP contribution in [0.4, 0.5) is 4.79 Å². The molecule has 0 atom stereocenters. The van der Waals surface area contributed by atoms with E-state index in [9.17, 15) is 4.79 Å². The highest BCUT2D eigenvalue weighted by Gasteiger charge is 2.15. The third kappa shape index (κ3) is 6.81. The minimum atomic E-state index is -1.15. The molecule has 6 heteroatoms. The van der Waals surface area contributed by atoms with Crippen molar-refractivity contribution in [2.75, 3.05) is 33.9 Å². The van der Waals surface area contributed by atoms with Crippen molar-refractivity contribution in [1.82, 2.24) is 4.90 Å². The van der Waals surface area contributed by atoms with Crippen LogP contribution in [0.3, 0.4) is 0 Å². The van der Waals surface area contributed by atoms with Gasteiger partial charge in [-0.05, 0) is 26.3 Å². The van der Waals surface area contributed by atoms with Crippen molar-refractivity contribution in [3.8, 4) is 0 Å². The van der Waals surface area contributed by atoms with Crippen LogP contribution < -0.4 is 0 Å². The van der Waals surface area contributed by atoms with Gasteiger partial charge in [0, 0.05) is 26.8 Å². The van der Waals surface area contributed by atoms with Crippen molar-refractivity contribution in [3.63, 3.8) is 0 Å². The van der Waals surface area contributed by atoms with Crippen molar-refractivity contribution in [3.05, 3.63) is 0 Å². The number of hydrogen-bond acceptors (Lipinski definition) is 4. The maximum Gasteiger partial charge on any atom is 0.409 e. The molecule has 0 aromatic rings. The number of hydrogen-bond donors (Lipinski definition) is 0. The fourth-order valence-corrected chi connectivity index (χ4v) is 2.68. The Morgan fingerprint density at radius 1 is 1.25 bits per heavy atom. The van der Waals surface area contributed by atoms with Gasteiger partial charge in [-0.1, -0.05) is 0 Å². The fraction of sp³-hybridized carbons (Fsp3) is 0.900. The molecule has 1 radical (unpaired) electrons. The van der Waals surface area contributed by atoms with Gasteiger partial charge in [0.05, 0.1) is 7.11 Å². The Bertz CT molecular complexity index is 186. The maximum atomic E-state index is 11.1. The Kier molecular flexibility index (Phi) is 9.26. The van der Waals surface area contributed by atoms with Crippen LogP contribution in [0.25, 0.3) is 0 Å². The van der Waals surface area contributed by atoms with E-state index in [-0.39, 0.29) is 6.09 Å². The number of amides is 1. The number of carbonyl (C=O) groups is 1. The number of carbonyl (C=O) groups excluding carboxylic acids is 1. The van der Waals surface area contributed by atoms with Gasteiger partial charge in [-0.3, -0.25) is 0 Å². The van der Waals surface area contributed by atoms with Crippen LogP contribution in [0.2, 0.25) is 6.04 Å². The van der Waals surface area contributed by atoms with E-state index in [4.69, 9.17) is 8.85 Å². The molecule has 0 aliphatic heterocycles. The molecule has 0 aromatic carbocycles. The highest BCUT2D eigenvalue weighted by Crippen LogP contribution is 2.03. The molecular weight excluding hydrogens is 226 g/mol. The molecule has 0 spiro atoms. The predicted molar refractivity (Wildman–Crippen MR) is 63.5 cm³/mol. The summed E-state index contributed by atoms with van der Waals surface area (Å²) in [6.45, 7) is 5.96. The normalized spacial score (nSPS) is 10.6. The highest BCUT2D eigenvalue weighted by atomic mass is 28.3. The third-order valence-electron chi connectivity index (χ3n) is 1.97. The second-order valence-corrected chi connectivity index (χ2v) is 5.05. The first kappa shape index (κ1) is 15.4. The maximum absolute atomic E-state index is 11.1. The molecule has 0 unspecified atom stereocenters. The summed E-state index contributed by atoms with van der Waals surface area (Å²) < 4.78 is 15.6. The fourth-order valence-electron chi connectivity index (χ4n) is 1.22. The quantitative estimate of drug-likeness (QED) is 0.613. The van der Waals surface area contributed by atoms with E-state index in [1.54, 1.807) is 11.9 Å². The van der Waals surface area contributed by atoms with Crippen LogP contribution in [0, 0.1) is 0 Å². The molecule has 0 aromatic heterocycles. The molecule has 0 aliphatic carbocycles. The molecule has 0 saturated heterocycles. The minimum Gasteiger partial charge on any atom is -0.453 e. The average molecular weight is 248 g/mol. The summed E-state index contributed by atoms with van der Waals surface area (Å²) in [6, 6.07) is 0.883. The standard InChI is InChI=1S/C10H22NO4Si/c1-5-14-16(15-6-2)9-7-8-11(3)10(12)13-4/h5-9H2,1-4H3. The van der Waals surface area contributed by atoms with Gasteiger partial charge >= 0.3 is 15.4 Å². The lowest BCUT2D eigenvalue weighted by Crippen LogP contribution is -2.29. The van der Waals surface area contributed by atoms with Crippen LogP contribution in [0.5, 0.6) is 0 Å². The van der Waals surface area contributed by atoms with E-state index in [0.717, 1.165) is 12.5 Å². The third-order valence-corrected chi connectivity index (χ3v) is 3.95. The molecule has 0 N–H and O–H groups in total. The first-order chi connectivity index (χ1) is 7.65. The molecule has 5 nitrogen and oxygen atoms in total. The van der Waals surface area contributed by atoms with Crippen molar-refractivity contribution in [2.24, 2.45) is 0 Å². The Balaban J connectivity index is 3.71. The zero-order chi connectivity index (χ0) is 12.4. The molecule has 0 heterocycles. The molecule has 95 valence electrons. The summed E-state index contributed by atoms with van der Waals surface area (Å²) in [4.78, 5) is 12.6. The predicted octanol–water partition coefficient (Wildman–Crippen LogP) is 1.64. The zero-order valence-electron chi connectivity index (χ0n) is 10.6. The van der Waals surface area contributed by atoms with Gasteiger partial charge in [0.25, 0.3) is 0 Å². The molecule has 0 fully saturated rings. The van der Waals surface area contributed by atoms with Crippen molar-refractivity contribution in [2.45, 2.75) is 26.3 Å². The Hall–Kier alpha value is -0.593. The van der Waals surface area contributed by atoms with Gasteiger partial charge in [-0.2, -0.15) is 0 Å². The van der Waals surface area contributed by atoms with Gasteiger partial charge in [0.15, 0.2) is 0 Å². The average Bonchev–Trinajstić information content (AvgIpc) is 2.28. The second kappa shape index (κ2) is 9.62. The lowest BCUT2D eigenvalue weighted by Gasteiger charge is -2.17. The number of rotatable bonds is 8. The first-order valence-corrected chi connectivity index (χ1v) is 7.08. The van der Waals surface area contributed by atoms with Crippen LogP contribution >= 0.6 is 0 Å². The molecule has 0 rings (SSSR count). The Morgan fingerprint density at radius 2 is 1.81 bits per heavy atom. The molecular formula is C10H22NO4Si. The van der Waals surface area contributed by atoms with E-state index in [1.807, 2.05) is 13.8 Å². The van der Waals surface area contributed by atoms with Gasteiger partial charge in [0.2, 0.25) is 0 Å². The number of ether oxygens (including phenoxy) is 1. The van der Waals surface area contributed by atoms with Crippen LogP contribution in [0.1, 0.15) is 20.3 Å². The number of nitrogens with zero attached hydrogens (tertiary/aromatic N) is 1. The monoisotopic (exact) mass is 248 g/mol. The zero-order valence-corrected chi connectivity index (χ0v) is 11.6. The van der Waals surface area contributed by atoms with E-state index >= 15 is 0 Å². The van der Waals surface area contributed by atoms with E-state index in [1.165, 1.54) is 7.11 Å². The van der Waals surface area contributed by atoms with Crippen molar-refractivity contribution in [1.29, 1.82) is 0 Å². The molecule has 16 heavy (non-hydrogen) atoms. The Morgan fingerprint density at radius 3 is 2.25 bits per heavy atom. The van der Waals surface area contributed by atoms with Crippen LogP contribution in [0.15, 0.2) is 0 Å². The van der Waals surface area contributed by atoms with Gasteiger partial charge in [-0.25, -0.2) is 4.79 Å². The summed E-state index contributed by atoms with van der Waals surface area (Å²) in [6.07, 6.45) is 0.571. The van der Waals surface area contributed by atoms with Crippen molar-refractivity contribution < 1.29 is 18.4 Å². The van der Waals surface area contributed by atoms with Crippen molar-refractivity contribution >= 4 is 15.4 Å². The summed E-state index contributed by atoms with van der Waals surface area (Å²) in [5, 5.41) is 0. The smallest absolute Gasteiger partial charge is 0.409 e. The molecule has 1 amide bonds. The van der Waals surface area contributed by atoms with Gasteiger partial charge in [-0.15, -0.1) is 0 Å². The Labute approximate surface area is 99.5 Å². The molecule has 0 bridgehead atoms. The first-order valence-electron chi connectivity index (χ1n) is 5.56. The van der Waals surface area contributed by atoms with Gasteiger partial charge < -0.3 is 18.5 Å². The van der Waals surface area contributed by atoms with Crippen LogP contribution in [-0.4, -0.2) is 54.2 Å². The van der Waals surface area contributed by atoms with E-state index in [2.05, 4.69) is 4.74 Å². The SMILES string of the molecule is CCO[Si](CCCN(C)C(=O)OC)OCC. The summed E-state index contributed by atoms with van der Waals surface area (Å²) in [5.74, 6) is 0. The summed E-state index contributed by atoms with van der Waals surface area (Å²) in [7, 11) is 1.95. The summed E-state index contributed by atoms with van der Waals surface area (Å²) in [5.41, 5.74) is 0. The van der Waals surface area contributed by atoms with Gasteiger partial charge in [0.1, 0.15) is 0 Å². The van der Waals surface area contributed by atoms with Crippen LogP contribution in [-0.2, 0) is 13.6 Å². The number of methoxy groups -OCH3 is 1. The minimum absolute atomic E-state index is 0.304. The molecule has 0 saturated carbocycles. The highest BCUT2D eigenvalue weighted by molar-refractivity contribution is 6.44.